The molecule has 8 heteroatoms. The van der Waals surface area contributed by atoms with Crippen LogP contribution in [-0.4, -0.2) is 26.7 Å². The summed E-state index contributed by atoms with van der Waals surface area (Å²) in [7, 11) is 0. The summed E-state index contributed by atoms with van der Waals surface area (Å²) in [5, 5.41) is 0. The van der Waals surface area contributed by atoms with Crippen LogP contribution in [-0.2, 0) is 25.0 Å². The van der Waals surface area contributed by atoms with Gasteiger partial charge >= 0.3 is 0 Å². The van der Waals surface area contributed by atoms with Gasteiger partial charge in [0.05, 0.1) is 5.69 Å². The molecular formula is C22H26N6OS. The number of H-pyrrole nitrogens is 1. The highest BCUT2D eigenvalue weighted by Crippen LogP contribution is 2.15. The van der Waals surface area contributed by atoms with Crippen molar-refractivity contribution in [1.29, 1.82) is 0 Å². The van der Waals surface area contributed by atoms with Crippen molar-refractivity contribution in [3.63, 3.8) is 0 Å². The Morgan fingerprint density at radius 1 is 1.03 bits per heavy atom. The van der Waals surface area contributed by atoms with E-state index >= 15 is 0 Å². The van der Waals surface area contributed by atoms with Gasteiger partial charge in [0.25, 0.3) is 5.56 Å². The Labute approximate surface area is 180 Å². The van der Waals surface area contributed by atoms with Crippen LogP contribution in [0.2, 0.25) is 0 Å². The van der Waals surface area contributed by atoms with Gasteiger partial charge in [0.2, 0.25) is 0 Å². The summed E-state index contributed by atoms with van der Waals surface area (Å²) in [6.45, 7) is 1.91. The van der Waals surface area contributed by atoms with Crippen molar-refractivity contribution in [3.8, 4) is 0 Å². The van der Waals surface area contributed by atoms with Gasteiger partial charge in [-0.05, 0) is 37.5 Å². The highest BCUT2D eigenvalue weighted by atomic mass is 32.2. The van der Waals surface area contributed by atoms with Gasteiger partial charge in [-0.2, -0.15) is 16.8 Å². The van der Waals surface area contributed by atoms with Crippen molar-refractivity contribution in [2.24, 2.45) is 16.5 Å². The molecule has 7 nitrogen and oxygen atoms in total. The van der Waals surface area contributed by atoms with Crippen LogP contribution in [0.3, 0.4) is 0 Å². The number of aromatic amines is 1. The number of guanidine groups is 1. The third-order valence-corrected chi connectivity index (χ3v) is 5.54. The number of rotatable bonds is 9. The van der Waals surface area contributed by atoms with Gasteiger partial charge in [0, 0.05) is 29.2 Å². The van der Waals surface area contributed by atoms with Crippen molar-refractivity contribution < 1.29 is 0 Å². The van der Waals surface area contributed by atoms with E-state index in [0.29, 0.717) is 18.7 Å². The molecule has 0 unspecified atom stereocenters. The maximum atomic E-state index is 12.5. The minimum absolute atomic E-state index is 0.00934. The monoisotopic (exact) mass is 422 g/mol. The quantitative estimate of drug-likeness (QED) is 0.277. The lowest BCUT2D eigenvalue weighted by Gasteiger charge is -2.08. The number of aromatic nitrogens is 3. The standard InChI is InChI=1S/C22H26N6OS/c1-15-18(11-10-16-6-3-2-4-7-16)21(29)27-20(25-15)12-13-30-14-17-8-5-9-19(26-17)28-22(23)24/h2-9H,10-14H2,1H3,(H,25,27,29)(H4,23,24,26,28). The predicted molar refractivity (Wildman–Crippen MR) is 123 cm³/mol. The zero-order valence-electron chi connectivity index (χ0n) is 17.0. The molecule has 0 spiro atoms. The molecular weight excluding hydrogens is 396 g/mol. The smallest absolute Gasteiger partial charge is 0.254 e. The molecule has 0 amide bonds. The van der Waals surface area contributed by atoms with Crippen molar-refractivity contribution >= 4 is 23.5 Å². The summed E-state index contributed by atoms with van der Waals surface area (Å²) >= 11 is 1.72. The molecule has 3 aromatic rings. The van der Waals surface area contributed by atoms with E-state index in [0.717, 1.165) is 40.7 Å². The Hall–Kier alpha value is -3.13. The fourth-order valence-electron chi connectivity index (χ4n) is 3.08. The van der Waals surface area contributed by atoms with Gasteiger partial charge in [-0.3, -0.25) is 4.79 Å². The molecule has 0 bridgehead atoms. The number of aryl methyl sites for hydroxylation is 3. The Morgan fingerprint density at radius 2 is 1.83 bits per heavy atom. The van der Waals surface area contributed by atoms with Crippen molar-refractivity contribution in [3.05, 3.63) is 87.2 Å². The van der Waals surface area contributed by atoms with Crippen LogP contribution < -0.4 is 17.0 Å². The first-order valence-electron chi connectivity index (χ1n) is 9.77. The number of nitrogens with zero attached hydrogens (tertiary/aromatic N) is 3. The van der Waals surface area contributed by atoms with Crippen LogP contribution in [0, 0.1) is 6.92 Å². The van der Waals surface area contributed by atoms with Gasteiger partial charge in [-0.1, -0.05) is 36.4 Å². The van der Waals surface area contributed by atoms with Crippen molar-refractivity contribution in [1.82, 2.24) is 15.0 Å². The fraction of sp³-hybridized carbons (Fsp3) is 0.273. The van der Waals surface area contributed by atoms with Gasteiger partial charge < -0.3 is 16.5 Å². The first-order valence-corrected chi connectivity index (χ1v) is 10.9. The second kappa shape index (κ2) is 10.6. The topological polar surface area (TPSA) is 123 Å². The Kier molecular flexibility index (Phi) is 7.62. The largest absolute Gasteiger partial charge is 0.370 e. The van der Waals surface area contributed by atoms with Crippen LogP contribution in [0.1, 0.15) is 28.3 Å². The van der Waals surface area contributed by atoms with Crippen LogP contribution in [0.15, 0.2) is 58.3 Å². The number of nitrogens with one attached hydrogen (secondary N) is 1. The van der Waals surface area contributed by atoms with E-state index in [9.17, 15) is 4.79 Å². The Morgan fingerprint density at radius 3 is 2.57 bits per heavy atom. The molecule has 0 saturated carbocycles. The number of hydrogen-bond acceptors (Lipinski definition) is 5. The molecule has 3 rings (SSSR count). The molecule has 5 N–H and O–H groups in total. The Bertz CT molecular complexity index is 1060. The van der Waals surface area contributed by atoms with Crippen molar-refractivity contribution in [2.45, 2.75) is 31.9 Å². The van der Waals surface area contributed by atoms with Crippen LogP contribution in [0.4, 0.5) is 5.82 Å². The summed E-state index contributed by atoms with van der Waals surface area (Å²) in [4.78, 5) is 28.4. The molecule has 0 saturated heterocycles. The molecule has 0 aliphatic heterocycles. The Balaban J connectivity index is 1.52. The molecule has 0 radical (unpaired) electrons. The van der Waals surface area contributed by atoms with E-state index in [1.54, 1.807) is 17.8 Å². The van der Waals surface area contributed by atoms with E-state index in [4.69, 9.17) is 11.5 Å². The average Bonchev–Trinajstić information content (AvgIpc) is 2.71. The van der Waals surface area contributed by atoms with E-state index in [-0.39, 0.29) is 11.5 Å². The van der Waals surface area contributed by atoms with E-state index in [1.165, 1.54) is 5.56 Å². The minimum Gasteiger partial charge on any atom is -0.370 e. The maximum Gasteiger partial charge on any atom is 0.254 e. The first-order chi connectivity index (χ1) is 14.5. The average molecular weight is 423 g/mol. The normalized spacial score (nSPS) is 10.7. The molecule has 2 heterocycles. The second-order valence-electron chi connectivity index (χ2n) is 6.89. The van der Waals surface area contributed by atoms with Crippen molar-refractivity contribution in [2.75, 3.05) is 5.75 Å². The lowest BCUT2D eigenvalue weighted by atomic mass is 10.0. The highest BCUT2D eigenvalue weighted by Gasteiger charge is 2.09. The second-order valence-corrected chi connectivity index (χ2v) is 7.99. The molecule has 156 valence electrons. The fourth-order valence-corrected chi connectivity index (χ4v) is 3.93. The summed E-state index contributed by atoms with van der Waals surface area (Å²) in [5.41, 5.74) is 14.4. The van der Waals surface area contributed by atoms with Crippen LogP contribution >= 0.6 is 11.8 Å². The zero-order valence-corrected chi connectivity index (χ0v) is 17.8. The molecule has 0 fully saturated rings. The summed E-state index contributed by atoms with van der Waals surface area (Å²) in [5.74, 6) is 2.76. The number of benzene rings is 1. The van der Waals surface area contributed by atoms with Crippen LogP contribution in [0.5, 0.6) is 0 Å². The number of aliphatic imine (C=N–C) groups is 1. The number of nitrogens with two attached hydrogens (primary N) is 2. The maximum absolute atomic E-state index is 12.5. The molecule has 0 aliphatic carbocycles. The van der Waals surface area contributed by atoms with E-state index in [1.807, 2.05) is 37.3 Å². The van der Waals surface area contributed by atoms with Crippen LogP contribution in [0.25, 0.3) is 0 Å². The molecule has 2 aromatic heterocycles. The lowest BCUT2D eigenvalue weighted by Crippen LogP contribution is -2.22. The third kappa shape index (κ3) is 6.45. The molecule has 30 heavy (non-hydrogen) atoms. The predicted octanol–water partition coefficient (Wildman–Crippen LogP) is 2.64. The molecule has 1 aromatic carbocycles. The number of pyridine rings is 1. The van der Waals surface area contributed by atoms with Gasteiger partial charge in [0.15, 0.2) is 11.8 Å². The summed E-state index contributed by atoms with van der Waals surface area (Å²) < 4.78 is 0. The summed E-state index contributed by atoms with van der Waals surface area (Å²) in [6, 6.07) is 15.7. The summed E-state index contributed by atoms with van der Waals surface area (Å²) in [6.07, 6.45) is 2.20. The van der Waals surface area contributed by atoms with E-state index < -0.39 is 0 Å². The molecule has 0 aliphatic rings. The number of thioether (sulfide) groups is 1. The number of hydrogen-bond donors (Lipinski definition) is 3. The minimum atomic E-state index is -0.0370. The van der Waals surface area contributed by atoms with E-state index in [2.05, 4.69) is 32.1 Å². The van der Waals surface area contributed by atoms with Gasteiger partial charge in [-0.25, -0.2) is 9.97 Å². The third-order valence-electron chi connectivity index (χ3n) is 4.55. The molecule has 0 atom stereocenters. The lowest BCUT2D eigenvalue weighted by molar-refractivity contribution is 0.840. The first kappa shape index (κ1) is 21.6. The van der Waals surface area contributed by atoms with Gasteiger partial charge in [0.1, 0.15) is 5.82 Å². The highest BCUT2D eigenvalue weighted by molar-refractivity contribution is 7.98. The SMILES string of the molecule is Cc1nc(CCSCc2cccc(N=C(N)N)n2)[nH]c(=O)c1CCc1ccccc1. The zero-order chi connectivity index (χ0) is 21.3. The van der Waals surface area contributed by atoms with Gasteiger partial charge in [-0.15, -0.1) is 0 Å².